The quantitative estimate of drug-likeness (QED) is 0.248. The number of carbonyl (C=O) groups is 1. The van der Waals surface area contributed by atoms with Crippen LogP contribution in [0.25, 0.3) is 17.4 Å². The smallest absolute Gasteiger partial charge is 0.338 e. The summed E-state index contributed by atoms with van der Waals surface area (Å²) >= 11 is 3.54. The average molecular weight is 596 g/mol. The highest BCUT2D eigenvalue weighted by atomic mass is 127. The number of carbonyl (C=O) groups excluding carboxylic acids is 1. The highest BCUT2D eigenvalue weighted by Crippen LogP contribution is 2.31. The standard InChI is InChI=1S/C27H21IN2O4S/c1-3-20-23(26(32)33-2)24(17-7-5-4-6-8-17)30-25(31)22(35-27(30)29-20)15-19-13-14-21(34-19)16-9-11-18(28)12-10-16/h4-15,24H,3H2,1-2H3/b22-15-/t24-/m1/s1. The van der Waals surface area contributed by atoms with Crippen LogP contribution in [0.2, 0.25) is 0 Å². The van der Waals surface area contributed by atoms with Crippen molar-refractivity contribution in [1.29, 1.82) is 0 Å². The van der Waals surface area contributed by atoms with Crippen molar-refractivity contribution >= 4 is 46.0 Å². The number of allylic oxidation sites excluding steroid dienone is 1. The van der Waals surface area contributed by atoms with E-state index in [1.807, 2.05) is 73.7 Å². The van der Waals surface area contributed by atoms with E-state index < -0.39 is 12.0 Å². The summed E-state index contributed by atoms with van der Waals surface area (Å²) < 4.78 is 14.3. The third-order valence-electron chi connectivity index (χ3n) is 5.79. The minimum atomic E-state index is -0.615. The number of rotatable bonds is 5. The Morgan fingerprint density at radius 2 is 1.89 bits per heavy atom. The number of halogens is 1. The van der Waals surface area contributed by atoms with E-state index in [4.69, 9.17) is 9.15 Å². The van der Waals surface area contributed by atoms with Gasteiger partial charge in [-0.3, -0.25) is 9.36 Å². The zero-order valence-electron chi connectivity index (χ0n) is 19.0. The Balaban J connectivity index is 1.65. The summed E-state index contributed by atoms with van der Waals surface area (Å²) in [5, 5.41) is 0. The number of furan rings is 1. The molecule has 2 aromatic carbocycles. The van der Waals surface area contributed by atoms with Gasteiger partial charge in [0.05, 0.1) is 29.0 Å². The van der Waals surface area contributed by atoms with Crippen LogP contribution in [0.1, 0.15) is 30.7 Å². The molecule has 3 heterocycles. The number of esters is 1. The van der Waals surface area contributed by atoms with Gasteiger partial charge in [-0.2, -0.15) is 0 Å². The van der Waals surface area contributed by atoms with E-state index in [9.17, 15) is 9.59 Å². The first-order chi connectivity index (χ1) is 17.0. The lowest BCUT2D eigenvalue weighted by Gasteiger charge is -2.25. The minimum Gasteiger partial charge on any atom is -0.466 e. The van der Waals surface area contributed by atoms with Crippen LogP contribution in [0.15, 0.2) is 92.2 Å². The molecule has 2 aromatic heterocycles. The number of thiazole rings is 1. The number of benzene rings is 2. The fourth-order valence-corrected chi connectivity index (χ4v) is 5.50. The molecule has 0 aliphatic carbocycles. The van der Waals surface area contributed by atoms with Crippen molar-refractivity contribution in [2.75, 3.05) is 7.11 Å². The number of aromatic nitrogens is 1. The van der Waals surface area contributed by atoms with Crippen LogP contribution in [0.3, 0.4) is 0 Å². The Morgan fingerprint density at radius 1 is 1.14 bits per heavy atom. The van der Waals surface area contributed by atoms with Gasteiger partial charge in [-0.15, -0.1) is 0 Å². The molecular weight excluding hydrogens is 575 g/mol. The van der Waals surface area contributed by atoms with Crippen LogP contribution in [-0.2, 0) is 9.53 Å². The lowest BCUT2D eigenvalue weighted by Crippen LogP contribution is -2.40. The van der Waals surface area contributed by atoms with Crippen molar-refractivity contribution in [2.24, 2.45) is 4.99 Å². The Bertz CT molecular complexity index is 1610. The number of methoxy groups -OCH3 is 1. The van der Waals surface area contributed by atoms with Crippen molar-refractivity contribution in [3.05, 3.63) is 113 Å². The second-order valence-corrected chi connectivity index (χ2v) is 10.2. The molecule has 5 rings (SSSR count). The van der Waals surface area contributed by atoms with Crippen LogP contribution in [0.5, 0.6) is 0 Å². The van der Waals surface area contributed by atoms with E-state index in [1.54, 1.807) is 10.6 Å². The van der Waals surface area contributed by atoms with Crippen LogP contribution < -0.4 is 14.9 Å². The molecule has 35 heavy (non-hydrogen) atoms. The Hall–Kier alpha value is -3.24. The molecule has 0 amide bonds. The lowest BCUT2D eigenvalue weighted by molar-refractivity contribution is -0.136. The molecule has 1 aliphatic heterocycles. The fraction of sp³-hybridized carbons (Fsp3) is 0.148. The summed E-state index contributed by atoms with van der Waals surface area (Å²) in [5.74, 6) is 0.814. The van der Waals surface area contributed by atoms with Gasteiger partial charge >= 0.3 is 5.97 Å². The topological polar surface area (TPSA) is 73.8 Å². The van der Waals surface area contributed by atoms with Gasteiger partial charge in [0.2, 0.25) is 0 Å². The highest BCUT2D eigenvalue weighted by molar-refractivity contribution is 14.1. The second kappa shape index (κ2) is 9.79. The number of hydrogen-bond acceptors (Lipinski definition) is 6. The Morgan fingerprint density at radius 3 is 2.57 bits per heavy atom. The molecule has 0 N–H and O–H groups in total. The largest absolute Gasteiger partial charge is 0.466 e. The maximum atomic E-state index is 13.6. The van der Waals surface area contributed by atoms with Gasteiger partial charge in [0.1, 0.15) is 11.5 Å². The van der Waals surface area contributed by atoms with Crippen LogP contribution in [0, 0.1) is 3.57 Å². The third-order valence-corrected chi connectivity index (χ3v) is 7.50. The van der Waals surface area contributed by atoms with Crippen LogP contribution in [0.4, 0.5) is 0 Å². The zero-order chi connectivity index (χ0) is 24.5. The predicted molar refractivity (Wildman–Crippen MR) is 144 cm³/mol. The molecular formula is C27H21IN2O4S. The molecule has 4 aromatic rings. The number of ether oxygens (including phenoxy) is 1. The molecule has 0 saturated heterocycles. The summed E-state index contributed by atoms with van der Waals surface area (Å²) in [5.41, 5.74) is 2.56. The van der Waals surface area contributed by atoms with Crippen molar-refractivity contribution in [3.63, 3.8) is 0 Å². The average Bonchev–Trinajstić information content (AvgIpc) is 3.48. The normalized spacial score (nSPS) is 15.6. The van der Waals surface area contributed by atoms with Crippen molar-refractivity contribution in [2.45, 2.75) is 19.4 Å². The summed E-state index contributed by atoms with van der Waals surface area (Å²) in [4.78, 5) is 31.7. The van der Waals surface area contributed by atoms with E-state index in [2.05, 4.69) is 27.6 Å². The van der Waals surface area contributed by atoms with E-state index in [0.717, 1.165) is 20.5 Å². The van der Waals surface area contributed by atoms with Crippen LogP contribution >= 0.6 is 33.9 Å². The molecule has 0 spiro atoms. The molecule has 1 atom stereocenters. The molecule has 1 aliphatic rings. The predicted octanol–water partition coefficient (Wildman–Crippen LogP) is 4.66. The van der Waals surface area contributed by atoms with E-state index in [1.165, 1.54) is 18.4 Å². The van der Waals surface area contributed by atoms with Gasteiger partial charge < -0.3 is 9.15 Å². The summed E-state index contributed by atoms with van der Waals surface area (Å²) in [6.45, 7) is 1.94. The zero-order valence-corrected chi connectivity index (χ0v) is 22.0. The highest BCUT2D eigenvalue weighted by Gasteiger charge is 2.33. The molecule has 0 bridgehead atoms. The molecule has 176 valence electrons. The van der Waals surface area contributed by atoms with Gasteiger partial charge in [-0.1, -0.05) is 60.7 Å². The number of nitrogens with zero attached hydrogens (tertiary/aromatic N) is 2. The first-order valence-corrected chi connectivity index (χ1v) is 12.9. The number of hydrogen-bond donors (Lipinski definition) is 0. The molecule has 0 unspecified atom stereocenters. The number of fused-ring (bicyclic) bond motifs is 1. The molecule has 0 saturated carbocycles. The minimum absolute atomic E-state index is 0.230. The van der Waals surface area contributed by atoms with Gasteiger partial charge in [-0.05, 0) is 58.8 Å². The molecule has 6 nitrogen and oxygen atoms in total. The maximum absolute atomic E-state index is 13.6. The third kappa shape index (κ3) is 4.43. The molecule has 0 fully saturated rings. The second-order valence-electron chi connectivity index (χ2n) is 7.91. The monoisotopic (exact) mass is 596 g/mol. The van der Waals surface area contributed by atoms with Gasteiger partial charge in [-0.25, -0.2) is 9.79 Å². The Kier molecular flexibility index (Phi) is 6.57. The molecule has 8 heteroatoms. The van der Waals surface area contributed by atoms with Crippen molar-refractivity contribution in [1.82, 2.24) is 4.57 Å². The van der Waals surface area contributed by atoms with Crippen molar-refractivity contribution < 1.29 is 13.9 Å². The first kappa shape index (κ1) is 23.5. The van der Waals surface area contributed by atoms with E-state index >= 15 is 0 Å². The maximum Gasteiger partial charge on any atom is 0.338 e. The first-order valence-electron chi connectivity index (χ1n) is 11.0. The Labute approximate surface area is 219 Å². The summed E-state index contributed by atoms with van der Waals surface area (Å²) in [6, 6.07) is 20.6. The molecule has 0 radical (unpaired) electrons. The summed E-state index contributed by atoms with van der Waals surface area (Å²) in [6.07, 6.45) is 2.27. The van der Waals surface area contributed by atoms with Gasteiger partial charge in [0.25, 0.3) is 5.56 Å². The fourth-order valence-electron chi connectivity index (χ4n) is 4.14. The van der Waals surface area contributed by atoms with Gasteiger partial charge in [0.15, 0.2) is 4.80 Å². The SMILES string of the molecule is CCC1=C(C(=O)OC)[C@@H](c2ccccc2)n2c(s/c(=C\c3ccc(-c4ccc(I)cc4)o3)c2=O)=N1. The van der Waals surface area contributed by atoms with E-state index in [-0.39, 0.29) is 5.56 Å². The van der Waals surface area contributed by atoms with Crippen molar-refractivity contribution in [3.8, 4) is 11.3 Å². The van der Waals surface area contributed by atoms with Crippen LogP contribution in [-0.4, -0.2) is 17.6 Å². The van der Waals surface area contributed by atoms with E-state index in [0.29, 0.717) is 32.8 Å². The lowest BCUT2D eigenvalue weighted by atomic mass is 9.95. The van der Waals surface area contributed by atoms with Gasteiger partial charge in [0, 0.05) is 15.2 Å². The summed E-state index contributed by atoms with van der Waals surface area (Å²) in [7, 11) is 1.35.